The molecule has 0 spiro atoms. The summed E-state index contributed by atoms with van der Waals surface area (Å²) >= 11 is 4.27. The van der Waals surface area contributed by atoms with E-state index < -0.39 is 0 Å². The van der Waals surface area contributed by atoms with Gasteiger partial charge in [0, 0.05) is 5.37 Å². The molecular weight excluding hydrogens is 190 g/mol. The van der Waals surface area contributed by atoms with Gasteiger partial charge in [0.15, 0.2) is 0 Å². The topological polar surface area (TPSA) is 12.0 Å². The molecule has 86 valence electrons. The zero-order valence-corrected chi connectivity index (χ0v) is 10.8. The molecule has 1 unspecified atom stereocenters. The summed E-state index contributed by atoms with van der Waals surface area (Å²) in [6, 6.07) is 0. The van der Waals surface area contributed by atoms with E-state index in [1.54, 1.807) is 0 Å². The highest BCUT2D eigenvalue weighted by atomic mass is 32.1. The van der Waals surface area contributed by atoms with Gasteiger partial charge in [-0.1, -0.05) is 51.9 Å². The first-order valence-electron chi connectivity index (χ1n) is 6.18. The Bertz CT molecular complexity index is 104. The number of rotatable bonds is 10. The summed E-state index contributed by atoms with van der Waals surface area (Å²) in [6.45, 7) is 5.47. The summed E-state index contributed by atoms with van der Waals surface area (Å²) in [5.41, 5.74) is 0. The number of hydrogen-bond donors (Lipinski definition) is 2. The second-order valence-corrected chi connectivity index (χ2v) is 4.88. The van der Waals surface area contributed by atoms with Crippen LogP contribution in [0.3, 0.4) is 0 Å². The number of thiol groups is 1. The van der Waals surface area contributed by atoms with Crippen LogP contribution in [0, 0.1) is 0 Å². The summed E-state index contributed by atoms with van der Waals surface area (Å²) in [7, 11) is 0. The van der Waals surface area contributed by atoms with Crippen molar-refractivity contribution in [2.45, 2.75) is 70.6 Å². The van der Waals surface area contributed by atoms with E-state index >= 15 is 0 Å². The third-order valence-corrected chi connectivity index (χ3v) is 2.65. The standard InChI is InChI=1S/C12H27NS/c1-3-4-5-6-7-8-9-10-11-13-12(2)14/h12-14H,3-11H2,1-2H3. The van der Waals surface area contributed by atoms with Gasteiger partial charge in [0.1, 0.15) is 0 Å². The molecule has 0 rings (SSSR count). The lowest BCUT2D eigenvalue weighted by Gasteiger charge is -2.06. The molecule has 1 atom stereocenters. The lowest BCUT2D eigenvalue weighted by Crippen LogP contribution is -2.21. The summed E-state index contributed by atoms with van der Waals surface area (Å²) < 4.78 is 0. The Morgan fingerprint density at radius 2 is 1.43 bits per heavy atom. The van der Waals surface area contributed by atoms with Crippen molar-refractivity contribution in [3.63, 3.8) is 0 Å². The Labute approximate surface area is 95.5 Å². The maximum Gasteiger partial charge on any atom is 0.0473 e. The van der Waals surface area contributed by atoms with E-state index in [1.807, 2.05) is 0 Å². The fraction of sp³-hybridized carbons (Fsp3) is 1.00. The highest BCUT2D eigenvalue weighted by molar-refractivity contribution is 7.80. The summed E-state index contributed by atoms with van der Waals surface area (Å²) in [5, 5.41) is 3.67. The largest absolute Gasteiger partial charge is 0.306 e. The van der Waals surface area contributed by atoms with Crippen LogP contribution < -0.4 is 5.32 Å². The van der Waals surface area contributed by atoms with E-state index in [0.717, 1.165) is 6.54 Å². The van der Waals surface area contributed by atoms with E-state index in [-0.39, 0.29) is 0 Å². The molecule has 0 saturated heterocycles. The fourth-order valence-corrected chi connectivity index (χ4v) is 1.70. The minimum atomic E-state index is 0.347. The summed E-state index contributed by atoms with van der Waals surface area (Å²) in [6.07, 6.45) is 11.1. The van der Waals surface area contributed by atoms with Crippen molar-refractivity contribution in [3.05, 3.63) is 0 Å². The normalized spacial score (nSPS) is 13.1. The second kappa shape index (κ2) is 11.4. The average Bonchev–Trinajstić information content (AvgIpc) is 2.15. The summed E-state index contributed by atoms with van der Waals surface area (Å²) in [5.74, 6) is 0. The third kappa shape index (κ3) is 12.3. The molecule has 0 aromatic carbocycles. The molecule has 0 aliphatic rings. The van der Waals surface area contributed by atoms with Crippen LogP contribution in [0.4, 0.5) is 0 Å². The molecule has 0 aromatic heterocycles. The van der Waals surface area contributed by atoms with Crippen molar-refractivity contribution in [2.24, 2.45) is 0 Å². The Balaban J connectivity index is 2.85. The first-order valence-corrected chi connectivity index (χ1v) is 6.70. The van der Waals surface area contributed by atoms with Gasteiger partial charge in [0.05, 0.1) is 0 Å². The lowest BCUT2D eigenvalue weighted by molar-refractivity contribution is 0.555. The van der Waals surface area contributed by atoms with Gasteiger partial charge >= 0.3 is 0 Å². The highest BCUT2D eigenvalue weighted by Gasteiger charge is 1.93. The molecule has 1 nitrogen and oxygen atoms in total. The Morgan fingerprint density at radius 3 is 1.93 bits per heavy atom. The van der Waals surface area contributed by atoms with E-state index in [9.17, 15) is 0 Å². The van der Waals surface area contributed by atoms with Crippen molar-refractivity contribution >= 4 is 12.6 Å². The van der Waals surface area contributed by atoms with E-state index in [4.69, 9.17) is 0 Å². The molecule has 0 fully saturated rings. The fourth-order valence-electron chi connectivity index (χ4n) is 1.57. The lowest BCUT2D eigenvalue weighted by atomic mass is 10.1. The monoisotopic (exact) mass is 217 g/mol. The predicted molar refractivity (Wildman–Crippen MR) is 69.1 cm³/mol. The van der Waals surface area contributed by atoms with Crippen molar-refractivity contribution < 1.29 is 0 Å². The quantitative estimate of drug-likeness (QED) is 0.320. The van der Waals surface area contributed by atoms with E-state index in [0.29, 0.717) is 5.37 Å². The van der Waals surface area contributed by atoms with Gasteiger partial charge in [0.2, 0.25) is 0 Å². The summed E-state index contributed by atoms with van der Waals surface area (Å²) in [4.78, 5) is 0. The van der Waals surface area contributed by atoms with E-state index in [2.05, 4.69) is 31.8 Å². The molecule has 1 N–H and O–H groups in total. The Hall–Kier alpha value is 0.310. The molecule has 0 radical (unpaired) electrons. The predicted octanol–water partition coefficient (Wildman–Crippen LogP) is 3.99. The molecule has 14 heavy (non-hydrogen) atoms. The maximum atomic E-state index is 4.27. The average molecular weight is 217 g/mol. The van der Waals surface area contributed by atoms with Crippen molar-refractivity contribution in [2.75, 3.05) is 6.54 Å². The van der Waals surface area contributed by atoms with Gasteiger partial charge in [-0.05, 0) is 19.9 Å². The van der Waals surface area contributed by atoms with Gasteiger partial charge in [-0.3, -0.25) is 0 Å². The minimum Gasteiger partial charge on any atom is -0.306 e. The zero-order chi connectivity index (χ0) is 10.6. The SMILES string of the molecule is CCCCCCCCCCNC(C)S. The third-order valence-electron chi connectivity index (χ3n) is 2.47. The van der Waals surface area contributed by atoms with Crippen LogP contribution in [0.15, 0.2) is 0 Å². The van der Waals surface area contributed by atoms with Crippen LogP contribution in [0.1, 0.15) is 65.2 Å². The molecular formula is C12H27NS. The molecule has 2 heteroatoms. The van der Waals surface area contributed by atoms with Crippen LogP contribution in [-0.2, 0) is 0 Å². The molecule has 0 aromatic rings. The van der Waals surface area contributed by atoms with Crippen LogP contribution in [0.2, 0.25) is 0 Å². The minimum absolute atomic E-state index is 0.347. The zero-order valence-electron chi connectivity index (χ0n) is 9.89. The van der Waals surface area contributed by atoms with Gasteiger partial charge < -0.3 is 5.32 Å². The van der Waals surface area contributed by atoms with Crippen LogP contribution in [0.25, 0.3) is 0 Å². The smallest absolute Gasteiger partial charge is 0.0473 e. The number of nitrogens with one attached hydrogen (secondary N) is 1. The molecule has 0 aliphatic carbocycles. The molecule has 0 heterocycles. The van der Waals surface area contributed by atoms with Crippen LogP contribution in [-0.4, -0.2) is 11.9 Å². The Kier molecular flexibility index (Phi) is 11.6. The molecule has 0 amide bonds. The first-order chi connectivity index (χ1) is 6.77. The van der Waals surface area contributed by atoms with Gasteiger partial charge in [0.25, 0.3) is 0 Å². The maximum absolute atomic E-state index is 4.27. The molecule has 0 bridgehead atoms. The number of hydrogen-bond acceptors (Lipinski definition) is 2. The Morgan fingerprint density at radius 1 is 0.929 bits per heavy atom. The molecule has 0 saturated carbocycles. The van der Waals surface area contributed by atoms with E-state index in [1.165, 1.54) is 51.4 Å². The van der Waals surface area contributed by atoms with Crippen molar-refractivity contribution in [1.29, 1.82) is 0 Å². The van der Waals surface area contributed by atoms with Gasteiger partial charge in [-0.15, -0.1) is 0 Å². The highest BCUT2D eigenvalue weighted by Crippen LogP contribution is 2.07. The number of unbranched alkanes of at least 4 members (excludes halogenated alkanes) is 7. The molecule has 0 aliphatic heterocycles. The van der Waals surface area contributed by atoms with Crippen LogP contribution in [0.5, 0.6) is 0 Å². The van der Waals surface area contributed by atoms with Gasteiger partial charge in [-0.25, -0.2) is 0 Å². The van der Waals surface area contributed by atoms with Crippen molar-refractivity contribution in [3.8, 4) is 0 Å². The van der Waals surface area contributed by atoms with Crippen molar-refractivity contribution in [1.82, 2.24) is 5.32 Å². The second-order valence-electron chi connectivity index (χ2n) is 4.10. The van der Waals surface area contributed by atoms with Gasteiger partial charge in [-0.2, -0.15) is 12.6 Å². The first kappa shape index (κ1) is 14.3. The van der Waals surface area contributed by atoms with Crippen LogP contribution >= 0.6 is 12.6 Å².